The number of H-pyrrole nitrogens is 1. The van der Waals surface area contributed by atoms with Gasteiger partial charge in [0.05, 0.1) is 16.9 Å². The summed E-state index contributed by atoms with van der Waals surface area (Å²) >= 11 is 0. The minimum Gasteiger partial charge on any atom is -0.376 e. The van der Waals surface area contributed by atoms with Crippen LogP contribution in [0.3, 0.4) is 0 Å². The first kappa shape index (κ1) is 37.2. The summed E-state index contributed by atoms with van der Waals surface area (Å²) in [6.07, 6.45) is 7.04. The van der Waals surface area contributed by atoms with Gasteiger partial charge in [0.2, 0.25) is 0 Å². The van der Waals surface area contributed by atoms with Crippen molar-refractivity contribution >= 4 is 27.8 Å². The first-order valence-electron chi connectivity index (χ1n) is 15.8. The molecule has 3 aromatic rings. The number of alkyl halides is 3. The van der Waals surface area contributed by atoms with E-state index in [2.05, 4.69) is 34.8 Å². The molecule has 8 nitrogen and oxygen atoms in total. The highest BCUT2D eigenvalue weighted by Crippen LogP contribution is 2.53. The van der Waals surface area contributed by atoms with Crippen LogP contribution in [0.2, 0.25) is 0 Å². The summed E-state index contributed by atoms with van der Waals surface area (Å²) in [5.41, 5.74) is -2.59. The van der Waals surface area contributed by atoms with Crippen LogP contribution in [-0.2, 0) is 27.8 Å². The molecule has 1 aromatic heterocycles. The summed E-state index contributed by atoms with van der Waals surface area (Å²) in [7, 11) is -3.82. The Balaban J connectivity index is 0.000000752. The molecule has 0 amide bonds. The number of benzene rings is 2. The Kier molecular flexibility index (Phi) is 12.2. The number of nitrogens with one attached hydrogen (secondary N) is 1. The van der Waals surface area contributed by atoms with Gasteiger partial charge < -0.3 is 14.0 Å². The third-order valence-corrected chi connectivity index (χ3v) is 10.2. The first-order valence-corrected chi connectivity index (χ1v) is 17.2. The number of aromatic amines is 1. The third kappa shape index (κ3) is 7.99. The molecule has 1 fully saturated rings. The average molecular weight is 666 g/mol. The van der Waals surface area contributed by atoms with Gasteiger partial charge in [0, 0.05) is 5.56 Å². The number of carbonyl (C=O) groups excluding carboxylic acids is 1. The zero-order valence-corrected chi connectivity index (χ0v) is 28.4. The topological polar surface area (TPSA) is 109 Å². The van der Waals surface area contributed by atoms with Crippen LogP contribution in [0.1, 0.15) is 96.1 Å². The van der Waals surface area contributed by atoms with E-state index in [0.717, 1.165) is 61.3 Å². The van der Waals surface area contributed by atoms with Crippen LogP contribution in [0.15, 0.2) is 35.1 Å². The van der Waals surface area contributed by atoms with Gasteiger partial charge in [0.25, 0.3) is 5.56 Å². The molecule has 1 heterocycles. The molecule has 5 rings (SSSR count). The normalized spacial score (nSPS) is 16.2. The van der Waals surface area contributed by atoms with Crippen molar-refractivity contribution in [3.8, 4) is 16.9 Å². The van der Waals surface area contributed by atoms with E-state index >= 15 is 0 Å². The Morgan fingerprint density at radius 2 is 1.63 bits per heavy atom. The Morgan fingerprint density at radius 3 is 2.17 bits per heavy atom. The lowest BCUT2D eigenvalue weighted by atomic mass is 9.83. The van der Waals surface area contributed by atoms with Crippen molar-refractivity contribution in [3.63, 3.8) is 0 Å². The highest BCUT2D eigenvalue weighted by Gasteiger charge is 2.50. The molecule has 1 N–H and O–H groups in total. The van der Waals surface area contributed by atoms with Crippen LogP contribution in [-0.4, -0.2) is 49.2 Å². The Morgan fingerprint density at radius 1 is 1.02 bits per heavy atom. The minimum atomic E-state index is -5.80. The number of carbonyl (C=O) groups is 1. The molecule has 46 heavy (non-hydrogen) atoms. The number of aromatic nitrogens is 2. The molecule has 0 radical (unpaired) electrons. The van der Waals surface area contributed by atoms with Gasteiger partial charge in [-0.2, -0.15) is 21.6 Å². The molecule has 12 heteroatoms. The fourth-order valence-corrected chi connectivity index (χ4v) is 6.78. The van der Waals surface area contributed by atoms with Crippen LogP contribution in [0, 0.1) is 11.3 Å². The SMILES string of the molecule is C=O.CCC(C)C.CCC(c1nc2ccc(-c3ccc(OS(=O)(=O)C(F)(F)F)c4c3CC3(CCCC3)C4)cc2c(=O)[nH]1)N(C)CC. The molecule has 1 saturated carbocycles. The maximum Gasteiger partial charge on any atom is 0.534 e. The van der Waals surface area contributed by atoms with Crippen molar-refractivity contribution < 1.29 is 30.6 Å². The molecule has 2 aliphatic carbocycles. The summed E-state index contributed by atoms with van der Waals surface area (Å²) in [6.45, 7) is 13.5. The van der Waals surface area contributed by atoms with E-state index in [1.807, 2.05) is 33.8 Å². The predicted octanol–water partition coefficient (Wildman–Crippen LogP) is 7.75. The van der Waals surface area contributed by atoms with Crippen molar-refractivity contribution in [1.29, 1.82) is 0 Å². The Hall–Kier alpha value is -3.25. The molecule has 0 bridgehead atoms. The largest absolute Gasteiger partial charge is 0.534 e. The van der Waals surface area contributed by atoms with E-state index in [1.165, 1.54) is 12.5 Å². The van der Waals surface area contributed by atoms with E-state index in [-0.39, 0.29) is 22.8 Å². The minimum absolute atomic E-state index is 0.0295. The number of hydrogen-bond acceptors (Lipinski definition) is 7. The number of halogens is 3. The van der Waals surface area contributed by atoms with Crippen LogP contribution in [0.25, 0.3) is 22.0 Å². The fourth-order valence-electron chi connectivity index (χ4n) is 6.29. The van der Waals surface area contributed by atoms with Gasteiger partial charge in [-0.1, -0.05) is 66.0 Å². The van der Waals surface area contributed by atoms with Crippen molar-refractivity contribution in [2.45, 2.75) is 97.5 Å². The average Bonchev–Trinajstić information content (AvgIpc) is 3.64. The van der Waals surface area contributed by atoms with Gasteiger partial charge in [-0.3, -0.25) is 9.69 Å². The van der Waals surface area contributed by atoms with Crippen LogP contribution >= 0.6 is 0 Å². The Labute approximate surface area is 269 Å². The second-order valence-corrected chi connectivity index (χ2v) is 14.1. The molecule has 2 aromatic carbocycles. The van der Waals surface area contributed by atoms with E-state index in [4.69, 9.17) is 9.78 Å². The number of hydrogen-bond donors (Lipinski definition) is 1. The van der Waals surface area contributed by atoms with Crippen molar-refractivity contribution in [2.75, 3.05) is 13.6 Å². The van der Waals surface area contributed by atoms with E-state index < -0.39 is 15.6 Å². The third-order valence-electron chi connectivity index (χ3n) is 9.22. The maximum atomic E-state index is 13.1. The van der Waals surface area contributed by atoms with Crippen molar-refractivity contribution in [1.82, 2.24) is 14.9 Å². The Bertz CT molecular complexity index is 1660. The molecule has 0 saturated heterocycles. The predicted molar refractivity (Wildman–Crippen MR) is 175 cm³/mol. The van der Waals surface area contributed by atoms with Crippen molar-refractivity contribution in [2.24, 2.45) is 11.3 Å². The summed E-state index contributed by atoms with van der Waals surface area (Å²) in [4.78, 5) is 30.9. The highest BCUT2D eigenvalue weighted by molar-refractivity contribution is 7.88. The lowest BCUT2D eigenvalue weighted by Gasteiger charge is -2.24. The monoisotopic (exact) mass is 665 g/mol. The second kappa shape index (κ2) is 15.1. The summed E-state index contributed by atoms with van der Waals surface area (Å²) in [6, 6.07) is 8.25. The zero-order chi connectivity index (χ0) is 34.4. The molecule has 1 unspecified atom stereocenters. The zero-order valence-electron chi connectivity index (χ0n) is 27.6. The molecule has 1 atom stereocenters. The number of fused-ring (bicyclic) bond motifs is 2. The van der Waals surface area contributed by atoms with Gasteiger partial charge in [0.15, 0.2) is 0 Å². The number of rotatable bonds is 8. The second-order valence-electron chi connectivity index (χ2n) is 12.6. The summed E-state index contributed by atoms with van der Waals surface area (Å²) < 4.78 is 67.6. The van der Waals surface area contributed by atoms with Crippen LogP contribution in [0.4, 0.5) is 13.2 Å². The molecular formula is C34H46F3N3O5S. The van der Waals surface area contributed by atoms with E-state index in [9.17, 15) is 26.4 Å². The summed E-state index contributed by atoms with van der Waals surface area (Å²) in [5.74, 6) is 1.21. The van der Waals surface area contributed by atoms with E-state index in [0.29, 0.717) is 35.1 Å². The standard InChI is InChI=1S/C28H32F3N3O4S.C5H12.CH2O/c1-4-23(34(3)5-2)25-32-22-10-8-17(14-19(22)26(35)33-25)18-9-11-24(38-39(36,37)28(29,30)31)21-16-27(15-20(18)21)12-6-7-13-27;1-4-5(2)3;1-2/h8-11,14,23H,4-7,12-13,15-16H2,1-3H3,(H,32,33,35);5H,4H2,1-3H3;1H2. The van der Waals surface area contributed by atoms with Crippen LogP contribution in [0.5, 0.6) is 5.75 Å². The molecule has 1 spiro atoms. The van der Waals surface area contributed by atoms with Crippen molar-refractivity contribution in [3.05, 3.63) is 57.6 Å². The van der Waals surface area contributed by atoms with Gasteiger partial charge in [-0.25, -0.2) is 4.98 Å². The van der Waals surface area contributed by atoms with Gasteiger partial charge in [0.1, 0.15) is 18.4 Å². The molecule has 254 valence electrons. The van der Waals surface area contributed by atoms with Gasteiger partial charge in [-0.05, 0) is 91.9 Å². The summed E-state index contributed by atoms with van der Waals surface area (Å²) in [5, 5.41) is 0.410. The van der Waals surface area contributed by atoms with E-state index in [1.54, 1.807) is 18.2 Å². The lowest BCUT2D eigenvalue weighted by Crippen LogP contribution is -2.28. The lowest BCUT2D eigenvalue weighted by molar-refractivity contribution is -0.0980. The molecular weight excluding hydrogens is 619 g/mol. The fraction of sp³-hybridized carbons (Fsp3) is 0.559. The van der Waals surface area contributed by atoms with Gasteiger partial charge in [-0.15, -0.1) is 0 Å². The molecule has 2 aliphatic rings. The highest BCUT2D eigenvalue weighted by atomic mass is 32.2. The first-order chi connectivity index (χ1) is 21.6. The van der Waals surface area contributed by atoms with Crippen LogP contribution < -0.4 is 9.74 Å². The quantitative estimate of drug-likeness (QED) is 0.194. The number of nitrogens with zero attached hydrogens (tertiary/aromatic N) is 2. The van der Waals surface area contributed by atoms with Gasteiger partial charge >= 0.3 is 15.6 Å². The molecule has 0 aliphatic heterocycles. The maximum absolute atomic E-state index is 13.1. The smallest absolute Gasteiger partial charge is 0.376 e.